The van der Waals surface area contributed by atoms with Crippen molar-refractivity contribution < 1.29 is 27.1 Å². The Kier molecular flexibility index (Phi) is 9.63. The normalized spacial score (nSPS) is 15.8. The molecule has 196 valence electrons. The molecule has 0 bridgehead atoms. The molecule has 1 aliphatic heterocycles. The molecule has 1 aromatic heterocycles. The van der Waals surface area contributed by atoms with E-state index in [-0.39, 0.29) is 34.2 Å². The summed E-state index contributed by atoms with van der Waals surface area (Å²) < 4.78 is 45.9. The number of amides is 2. The van der Waals surface area contributed by atoms with E-state index in [1.807, 2.05) is 13.8 Å². The fourth-order valence-electron chi connectivity index (χ4n) is 3.73. The molecule has 0 saturated carbocycles. The topological polar surface area (TPSA) is 126 Å². The van der Waals surface area contributed by atoms with Crippen molar-refractivity contribution in [2.45, 2.75) is 56.6 Å². The summed E-state index contributed by atoms with van der Waals surface area (Å²) in [4.78, 5) is 29.5. The first-order valence-electron chi connectivity index (χ1n) is 11.7. The maximum atomic E-state index is 13.2. The Morgan fingerprint density at radius 3 is 2.67 bits per heavy atom. The van der Waals surface area contributed by atoms with E-state index in [9.17, 15) is 22.4 Å². The highest BCUT2D eigenvalue weighted by Gasteiger charge is 2.32. The fraction of sp³-hybridized carbons (Fsp3) is 0.458. The molecule has 2 heterocycles. The lowest BCUT2D eigenvalue weighted by Gasteiger charge is -2.22. The average molecular weight is 541 g/mol. The Morgan fingerprint density at radius 2 is 1.97 bits per heavy atom. The molecule has 36 heavy (non-hydrogen) atoms. The van der Waals surface area contributed by atoms with Gasteiger partial charge in [0.25, 0.3) is 5.91 Å². The zero-order valence-corrected chi connectivity index (χ0v) is 21.7. The summed E-state index contributed by atoms with van der Waals surface area (Å²) in [5, 5.41) is 5.39. The maximum absolute atomic E-state index is 13.2. The number of carbonyl (C=O) groups is 2. The van der Waals surface area contributed by atoms with Gasteiger partial charge in [0.15, 0.2) is 6.10 Å². The maximum Gasteiger partial charge on any atom is 0.262 e. The lowest BCUT2D eigenvalue weighted by atomic mass is 10.0. The van der Waals surface area contributed by atoms with Crippen molar-refractivity contribution in [2.24, 2.45) is 5.92 Å². The zero-order valence-electron chi connectivity index (χ0n) is 20.1. The average Bonchev–Trinajstić information content (AvgIpc) is 3.24. The van der Waals surface area contributed by atoms with E-state index in [1.54, 1.807) is 18.3 Å². The van der Waals surface area contributed by atoms with E-state index in [4.69, 9.17) is 16.3 Å². The van der Waals surface area contributed by atoms with Crippen LogP contribution < -0.4 is 20.1 Å². The summed E-state index contributed by atoms with van der Waals surface area (Å²) in [7, 11) is -3.88. The van der Waals surface area contributed by atoms with Crippen LogP contribution in [0.2, 0.25) is 5.02 Å². The number of unbranched alkanes of at least 4 members (excludes halogenated alkanes) is 1. The van der Waals surface area contributed by atoms with Crippen LogP contribution in [0.5, 0.6) is 5.75 Å². The number of nitrogens with zero attached hydrogens (tertiary/aromatic N) is 1. The van der Waals surface area contributed by atoms with E-state index >= 15 is 0 Å². The highest BCUT2D eigenvalue weighted by molar-refractivity contribution is 7.89. The summed E-state index contributed by atoms with van der Waals surface area (Å²) in [6.07, 6.45) is 2.65. The number of nitrogens with one attached hydrogen (secondary N) is 3. The quantitative estimate of drug-likeness (QED) is 0.355. The number of rotatable bonds is 12. The fourth-order valence-corrected chi connectivity index (χ4v) is 5.33. The van der Waals surface area contributed by atoms with Crippen LogP contribution in [-0.2, 0) is 26.0 Å². The highest BCUT2D eigenvalue weighted by atomic mass is 35.5. The minimum absolute atomic E-state index is 0.117. The largest absolute Gasteiger partial charge is 0.478 e. The number of pyridine rings is 1. The number of carbonyl (C=O) groups excluding carboxylic acids is 2. The zero-order chi connectivity index (χ0) is 26.3. The predicted octanol–water partition coefficient (Wildman–Crippen LogP) is 2.58. The van der Waals surface area contributed by atoms with Crippen molar-refractivity contribution >= 4 is 33.4 Å². The summed E-state index contributed by atoms with van der Waals surface area (Å²) in [5.74, 6) is -0.580. The molecule has 1 unspecified atom stereocenters. The standard InChI is InChI=1S/C24H30ClFN4O5S/c1-15(2)12-19(30-24(32)21-14-18-20(35-21)6-5-10-27-18)23(31)28-9-3-4-11-29-36(33,34)22-8-7-16(26)13-17(22)25/h5-8,10,13,15,19,21,29H,3-4,9,11-12,14H2,1-2H3,(H,28,31)(H,30,32)/t19-,21?/m0/s1. The van der Waals surface area contributed by atoms with Gasteiger partial charge >= 0.3 is 0 Å². The number of halogens is 2. The smallest absolute Gasteiger partial charge is 0.262 e. The number of aromatic nitrogens is 1. The number of benzene rings is 1. The summed E-state index contributed by atoms with van der Waals surface area (Å²) in [5.41, 5.74) is 0.708. The Morgan fingerprint density at radius 1 is 1.22 bits per heavy atom. The number of hydrogen-bond donors (Lipinski definition) is 3. The molecular formula is C24H30ClFN4O5S. The molecule has 0 spiro atoms. The van der Waals surface area contributed by atoms with Gasteiger partial charge in [0.05, 0.1) is 10.7 Å². The molecule has 0 aliphatic carbocycles. The van der Waals surface area contributed by atoms with Gasteiger partial charge < -0.3 is 15.4 Å². The van der Waals surface area contributed by atoms with Crippen molar-refractivity contribution in [2.75, 3.05) is 13.1 Å². The predicted molar refractivity (Wildman–Crippen MR) is 133 cm³/mol. The molecule has 0 radical (unpaired) electrons. The molecular weight excluding hydrogens is 511 g/mol. The minimum atomic E-state index is -3.88. The molecule has 3 N–H and O–H groups in total. The van der Waals surface area contributed by atoms with Gasteiger partial charge in [-0.1, -0.05) is 25.4 Å². The lowest BCUT2D eigenvalue weighted by Crippen LogP contribution is -2.51. The molecule has 1 aromatic carbocycles. The second kappa shape index (κ2) is 12.5. The van der Waals surface area contributed by atoms with Crippen LogP contribution in [0.15, 0.2) is 41.4 Å². The van der Waals surface area contributed by atoms with E-state index < -0.39 is 28.0 Å². The van der Waals surface area contributed by atoms with Crippen molar-refractivity contribution in [3.05, 3.63) is 53.1 Å². The number of fused-ring (bicyclic) bond motifs is 1. The number of hydrogen-bond acceptors (Lipinski definition) is 6. The van der Waals surface area contributed by atoms with Crippen LogP contribution in [0.1, 0.15) is 38.8 Å². The van der Waals surface area contributed by atoms with E-state index in [0.29, 0.717) is 43.7 Å². The van der Waals surface area contributed by atoms with Gasteiger partial charge in [-0.2, -0.15) is 0 Å². The molecule has 2 amide bonds. The van der Waals surface area contributed by atoms with Gasteiger partial charge in [-0.15, -0.1) is 0 Å². The molecule has 2 aromatic rings. The molecule has 3 rings (SSSR count). The van der Waals surface area contributed by atoms with Crippen molar-refractivity contribution in [1.82, 2.24) is 20.3 Å². The minimum Gasteiger partial charge on any atom is -0.478 e. The Hall–Kier alpha value is -2.76. The number of sulfonamides is 1. The second-order valence-corrected chi connectivity index (χ2v) is 11.1. The molecule has 0 fully saturated rings. The molecule has 0 saturated heterocycles. The van der Waals surface area contributed by atoms with Crippen LogP contribution in [0.4, 0.5) is 4.39 Å². The molecule has 1 aliphatic rings. The second-order valence-electron chi connectivity index (χ2n) is 8.92. The van der Waals surface area contributed by atoms with Crippen LogP contribution in [0.3, 0.4) is 0 Å². The Labute approximate surface area is 215 Å². The molecule has 12 heteroatoms. The van der Waals surface area contributed by atoms with Crippen LogP contribution in [0.25, 0.3) is 0 Å². The van der Waals surface area contributed by atoms with Gasteiger partial charge in [0, 0.05) is 25.7 Å². The lowest BCUT2D eigenvalue weighted by molar-refractivity contribution is -0.132. The van der Waals surface area contributed by atoms with Crippen LogP contribution >= 0.6 is 11.6 Å². The number of ether oxygens (including phenoxy) is 1. The van der Waals surface area contributed by atoms with Gasteiger partial charge in [-0.25, -0.2) is 17.5 Å². The van der Waals surface area contributed by atoms with E-state index in [0.717, 1.165) is 18.2 Å². The molecule has 9 nitrogen and oxygen atoms in total. The third kappa shape index (κ3) is 7.62. The van der Waals surface area contributed by atoms with Gasteiger partial charge in [0.2, 0.25) is 15.9 Å². The third-order valence-corrected chi connectivity index (χ3v) is 7.45. The van der Waals surface area contributed by atoms with E-state index in [2.05, 4.69) is 20.3 Å². The first kappa shape index (κ1) is 27.8. The van der Waals surface area contributed by atoms with Crippen molar-refractivity contribution in [3.63, 3.8) is 0 Å². The first-order chi connectivity index (χ1) is 17.1. The summed E-state index contributed by atoms with van der Waals surface area (Å²) in [6, 6.07) is 5.83. The Balaban J connectivity index is 1.43. The summed E-state index contributed by atoms with van der Waals surface area (Å²) >= 11 is 5.83. The van der Waals surface area contributed by atoms with Crippen molar-refractivity contribution in [3.8, 4) is 5.75 Å². The van der Waals surface area contributed by atoms with Gasteiger partial charge in [-0.3, -0.25) is 14.6 Å². The van der Waals surface area contributed by atoms with E-state index in [1.165, 1.54) is 0 Å². The summed E-state index contributed by atoms with van der Waals surface area (Å²) in [6.45, 7) is 4.33. The SMILES string of the molecule is CC(C)C[C@H](NC(=O)C1Cc2ncccc2O1)C(=O)NCCCCNS(=O)(=O)c1ccc(F)cc1Cl. The van der Waals surface area contributed by atoms with Gasteiger partial charge in [0.1, 0.15) is 22.5 Å². The molecule has 2 atom stereocenters. The van der Waals surface area contributed by atoms with Crippen molar-refractivity contribution in [1.29, 1.82) is 0 Å². The monoisotopic (exact) mass is 540 g/mol. The van der Waals surface area contributed by atoms with Crippen LogP contribution in [0, 0.1) is 11.7 Å². The van der Waals surface area contributed by atoms with Crippen LogP contribution in [-0.4, -0.2) is 50.5 Å². The third-order valence-electron chi connectivity index (χ3n) is 5.51. The Bertz CT molecular complexity index is 1170. The first-order valence-corrected chi connectivity index (χ1v) is 13.6. The highest BCUT2D eigenvalue weighted by Crippen LogP contribution is 2.26. The van der Waals surface area contributed by atoms with Gasteiger partial charge in [-0.05, 0) is 55.5 Å².